The third-order valence-electron chi connectivity index (χ3n) is 13.2. The van der Waals surface area contributed by atoms with Crippen LogP contribution in [0, 0.1) is 56.7 Å². The zero-order chi connectivity index (χ0) is 22.6. The highest BCUT2D eigenvalue weighted by Crippen LogP contribution is 2.77. The van der Waals surface area contributed by atoms with E-state index >= 15 is 0 Å². The second-order valence-corrected chi connectivity index (χ2v) is 14.2. The molecule has 0 unspecified atom stereocenters. The van der Waals surface area contributed by atoms with Crippen molar-refractivity contribution < 1.29 is 9.59 Å². The summed E-state index contributed by atoms with van der Waals surface area (Å²) >= 11 is 0. The number of hydrogen-bond donors (Lipinski definition) is 0. The molecule has 0 aromatic heterocycles. The van der Waals surface area contributed by atoms with Crippen LogP contribution in [0.15, 0.2) is 0 Å². The third-order valence-corrected chi connectivity index (χ3v) is 13.2. The van der Waals surface area contributed by atoms with E-state index in [2.05, 4.69) is 41.5 Å². The minimum atomic E-state index is -0.157. The highest BCUT2D eigenvalue weighted by molar-refractivity contribution is 5.85. The maximum absolute atomic E-state index is 12.9. The Kier molecular flexibility index (Phi) is 4.62. The van der Waals surface area contributed by atoms with Crippen LogP contribution in [0.5, 0.6) is 0 Å². The monoisotopic (exact) mass is 426 g/mol. The van der Waals surface area contributed by atoms with Crippen LogP contribution in [-0.4, -0.2) is 11.6 Å². The van der Waals surface area contributed by atoms with Crippen molar-refractivity contribution >= 4 is 11.6 Å². The Morgan fingerprint density at radius 2 is 1.29 bits per heavy atom. The molecule has 2 nitrogen and oxygen atoms in total. The maximum atomic E-state index is 12.9. The molecule has 0 aromatic rings. The lowest BCUT2D eigenvalue weighted by atomic mass is 9.32. The minimum absolute atomic E-state index is 0.157. The van der Waals surface area contributed by atoms with E-state index in [9.17, 15) is 9.59 Å². The second kappa shape index (κ2) is 6.47. The Labute approximate surface area is 190 Å². The molecule has 5 aliphatic carbocycles. The molecule has 0 aliphatic heterocycles. The summed E-state index contributed by atoms with van der Waals surface area (Å²) in [5.41, 5.74) is 1.22. The molecule has 31 heavy (non-hydrogen) atoms. The quantitative estimate of drug-likeness (QED) is 0.442. The Bertz CT molecular complexity index is 812. The van der Waals surface area contributed by atoms with Crippen LogP contribution in [0.2, 0.25) is 0 Å². The second-order valence-electron chi connectivity index (χ2n) is 14.2. The van der Waals surface area contributed by atoms with E-state index in [0.717, 1.165) is 31.1 Å². The molecule has 174 valence electrons. The largest absolute Gasteiger partial charge is 0.300 e. The molecule has 2 heteroatoms. The van der Waals surface area contributed by atoms with Gasteiger partial charge in [0.2, 0.25) is 0 Å². The van der Waals surface area contributed by atoms with E-state index in [1.807, 2.05) is 6.92 Å². The summed E-state index contributed by atoms with van der Waals surface area (Å²) in [6, 6.07) is 0. The van der Waals surface area contributed by atoms with E-state index in [1.54, 1.807) is 0 Å². The summed E-state index contributed by atoms with van der Waals surface area (Å²) in [5.74, 6) is 3.91. The van der Waals surface area contributed by atoms with Crippen LogP contribution in [0.1, 0.15) is 113 Å². The van der Waals surface area contributed by atoms with Crippen LogP contribution in [0.25, 0.3) is 0 Å². The number of carbonyl (C=O) groups is 2. The zero-order valence-corrected chi connectivity index (χ0v) is 21.3. The summed E-state index contributed by atoms with van der Waals surface area (Å²) < 4.78 is 0. The van der Waals surface area contributed by atoms with E-state index in [0.29, 0.717) is 51.0 Å². The first kappa shape index (κ1) is 22.1. The van der Waals surface area contributed by atoms with Gasteiger partial charge in [-0.2, -0.15) is 0 Å². The van der Waals surface area contributed by atoms with Crippen molar-refractivity contribution in [1.29, 1.82) is 0 Å². The van der Waals surface area contributed by atoms with E-state index in [4.69, 9.17) is 0 Å². The average Bonchev–Trinajstić information content (AvgIpc) is 3.03. The van der Waals surface area contributed by atoms with Gasteiger partial charge in [0.25, 0.3) is 0 Å². The molecule has 5 aliphatic rings. The smallest absolute Gasteiger partial charge is 0.138 e. The lowest BCUT2D eigenvalue weighted by Crippen LogP contribution is -2.66. The molecule has 9 atom stereocenters. The van der Waals surface area contributed by atoms with Gasteiger partial charge in [0.15, 0.2) is 0 Å². The van der Waals surface area contributed by atoms with Gasteiger partial charge in [-0.25, -0.2) is 0 Å². The fourth-order valence-electron chi connectivity index (χ4n) is 11.5. The van der Waals surface area contributed by atoms with Gasteiger partial charge in [0.05, 0.1) is 0 Å². The number of hydrogen-bond acceptors (Lipinski definition) is 2. The lowest BCUT2D eigenvalue weighted by Gasteiger charge is -2.72. The zero-order valence-electron chi connectivity index (χ0n) is 21.3. The van der Waals surface area contributed by atoms with Gasteiger partial charge in [-0.3, -0.25) is 9.59 Å². The molecule has 0 heterocycles. The van der Waals surface area contributed by atoms with Crippen LogP contribution in [-0.2, 0) is 9.59 Å². The van der Waals surface area contributed by atoms with E-state index < -0.39 is 0 Å². The molecule has 5 fully saturated rings. The van der Waals surface area contributed by atoms with Gasteiger partial charge in [-0.15, -0.1) is 0 Å². The predicted octanol–water partition coefficient (Wildman–Crippen LogP) is 7.25. The van der Waals surface area contributed by atoms with Crippen molar-refractivity contribution in [3.8, 4) is 0 Å². The van der Waals surface area contributed by atoms with Gasteiger partial charge in [0, 0.05) is 17.8 Å². The van der Waals surface area contributed by atoms with E-state index in [1.165, 1.54) is 44.9 Å². The standard InChI is InChI=1S/C29H46O2/c1-18(30)19-10-14-26(4)20(19)11-16-28(6)22(26)8-9-23-27(5)15-13-24(31)25(2,3)21(27)12-17-29(23,28)7/h19-23H,8-17H2,1-7H3/t19-,20-,21-,22+,23+,26-,27-,28+,29+/m0/s1. The number of carbonyl (C=O) groups excluding carboxylic acids is 2. The van der Waals surface area contributed by atoms with Crippen molar-refractivity contribution in [3.05, 3.63) is 0 Å². The van der Waals surface area contributed by atoms with Crippen LogP contribution in [0.3, 0.4) is 0 Å². The number of rotatable bonds is 1. The van der Waals surface area contributed by atoms with Gasteiger partial charge in [-0.05, 0) is 110 Å². The average molecular weight is 427 g/mol. The highest BCUT2D eigenvalue weighted by Gasteiger charge is 2.70. The molecule has 0 amide bonds. The minimum Gasteiger partial charge on any atom is -0.300 e. The summed E-state index contributed by atoms with van der Waals surface area (Å²) in [6.45, 7) is 16.8. The van der Waals surface area contributed by atoms with Crippen molar-refractivity contribution in [1.82, 2.24) is 0 Å². The van der Waals surface area contributed by atoms with Crippen LogP contribution in [0.4, 0.5) is 0 Å². The molecule has 0 saturated heterocycles. The molecule has 0 N–H and O–H groups in total. The highest BCUT2D eigenvalue weighted by atomic mass is 16.1. The molecule has 5 rings (SSSR count). The molecular formula is C29H46O2. The van der Waals surface area contributed by atoms with Gasteiger partial charge < -0.3 is 0 Å². The molecule has 0 radical (unpaired) electrons. The lowest BCUT2D eigenvalue weighted by molar-refractivity contribution is -0.238. The Hall–Kier alpha value is -0.660. The SMILES string of the molecule is CC(=O)[C@@H]1CC[C@]2(C)[C@H]3CC[C@@H]4[C@@]5(C)CCC(=O)C(C)(C)[C@@H]5CC[C@@]4(C)[C@]3(C)CC[C@@H]12. The molecule has 0 bridgehead atoms. The molecule has 0 aromatic carbocycles. The first-order valence-electron chi connectivity index (χ1n) is 13.4. The van der Waals surface area contributed by atoms with Crippen molar-refractivity contribution in [2.45, 2.75) is 113 Å². The predicted molar refractivity (Wildman–Crippen MR) is 126 cm³/mol. The van der Waals surface area contributed by atoms with Crippen LogP contribution >= 0.6 is 0 Å². The molecule has 5 saturated carbocycles. The number of fused-ring (bicyclic) bond motifs is 7. The van der Waals surface area contributed by atoms with E-state index in [-0.39, 0.29) is 5.41 Å². The van der Waals surface area contributed by atoms with Gasteiger partial charge >= 0.3 is 0 Å². The van der Waals surface area contributed by atoms with Gasteiger partial charge in [-0.1, -0.05) is 41.5 Å². The normalized spacial score (nSPS) is 55.6. The Morgan fingerprint density at radius 3 is 1.90 bits per heavy atom. The Morgan fingerprint density at radius 1 is 0.710 bits per heavy atom. The van der Waals surface area contributed by atoms with Crippen molar-refractivity contribution in [2.24, 2.45) is 56.7 Å². The fourth-order valence-corrected chi connectivity index (χ4v) is 11.5. The Balaban J connectivity index is 1.53. The molecule has 0 spiro atoms. The maximum Gasteiger partial charge on any atom is 0.138 e. The van der Waals surface area contributed by atoms with Crippen molar-refractivity contribution in [3.63, 3.8) is 0 Å². The van der Waals surface area contributed by atoms with Gasteiger partial charge in [0.1, 0.15) is 11.6 Å². The summed E-state index contributed by atoms with van der Waals surface area (Å²) in [5, 5.41) is 0. The summed E-state index contributed by atoms with van der Waals surface area (Å²) in [4.78, 5) is 25.3. The topological polar surface area (TPSA) is 34.1 Å². The first-order chi connectivity index (χ1) is 14.3. The third kappa shape index (κ3) is 2.52. The first-order valence-corrected chi connectivity index (χ1v) is 13.4. The summed E-state index contributed by atoms with van der Waals surface area (Å²) in [6.07, 6.45) is 12.0. The summed E-state index contributed by atoms with van der Waals surface area (Å²) in [7, 11) is 0. The van der Waals surface area contributed by atoms with Crippen molar-refractivity contribution in [2.75, 3.05) is 0 Å². The molecular weight excluding hydrogens is 380 g/mol. The van der Waals surface area contributed by atoms with Crippen LogP contribution < -0.4 is 0 Å². The number of Topliss-reactive ketones (excluding diaryl/α,β-unsaturated/α-hetero) is 2. The fraction of sp³-hybridized carbons (Fsp3) is 0.931. The number of ketones is 2.